The van der Waals surface area contributed by atoms with Crippen LogP contribution in [0.3, 0.4) is 0 Å². The van der Waals surface area contributed by atoms with Crippen LogP contribution in [0.4, 0.5) is 0 Å². The molecular weight excluding hydrogens is 263 g/mol. The molecule has 0 saturated heterocycles. The molecule has 15 heavy (non-hydrogen) atoms. The Hall–Kier alpha value is -0.466. The van der Waals surface area contributed by atoms with E-state index in [0.29, 0.717) is 0 Å². The molecule has 3 heteroatoms. The van der Waals surface area contributed by atoms with Crippen LogP contribution in [0.5, 0.6) is 5.75 Å². The first-order valence-electron chi connectivity index (χ1n) is 4.55. The van der Waals surface area contributed by atoms with E-state index in [1.165, 1.54) is 0 Å². The minimum atomic E-state index is 0. The molecule has 1 radical (unpaired) electrons. The number of benzene rings is 1. The van der Waals surface area contributed by atoms with Crippen LogP contribution in [0.15, 0.2) is 18.2 Å². The van der Waals surface area contributed by atoms with Gasteiger partial charge >= 0.3 is 0 Å². The predicted molar refractivity (Wildman–Crippen MR) is 55.3 cm³/mol. The zero-order chi connectivity index (χ0) is 9.97. The minimum Gasteiger partial charge on any atom is -0.558 e. The maximum absolute atomic E-state index is 5.27. The number of methoxy groups -OCH3 is 1. The molecule has 2 nitrogen and oxygen atoms in total. The zero-order valence-electron chi connectivity index (χ0n) is 8.95. The Morgan fingerprint density at radius 3 is 2.87 bits per heavy atom. The molecule has 1 aromatic carbocycles. The number of allylic oxidation sites excluding steroid dienone is 1. The summed E-state index contributed by atoms with van der Waals surface area (Å²) in [5.41, 5.74) is 2.02. The van der Waals surface area contributed by atoms with Crippen molar-refractivity contribution in [1.29, 1.82) is 0 Å². The number of nitrogens with zero attached hydrogens (tertiary/aromatic N) is 1. The third kappa shape index (κ3) is 2.56. The summed E-state index contributed by atoms with van der Waals surface area (Å²) in [6, 6.07) is 8.92. The number of hydrogen-bond acceptors (Lipinski definition) is 1. The second-order valence-corrected chi connectivity index (χ2v) is 3.14. The summed E-state index contributed by atoms with van der Waals surface area (Å²) >= 11 is 0. The van der Waals surface area contributed by atoms with E-state index in [1.54, 1.807) is 7.11 Å². The molecule has 0 spiro atoms. The van der Waals surface area contributed by atoms with E-state index in [2.05, 4.69) is 18.4 Å². The Labute approximate surface area is 116 Å². The molecule has 0 saturated carbocycles. The van der Waals surface area contributed by atoms with Gasteiger partial charge in [0.1, 0.15) is 13.3 Å². The van der Waals surface area contributed by atoms with Crippen molar-refractivity contribution in [3.8, 4) is 5.75 Å². The van der Waals surface area contributed by atoms with Gasteiger partial charge in [0, 0.05) is 32.7 Å². The predicted octanol–water partition coefficient (Wildman–Crippen LogP) is 1.75. The fourth-order valence-corrected chi connectivity index (χ4v) is 1.54. The van der Waals surface area contributed by atoms with Crippen LogP contribution in [0.2, 0.25) is 0 Å². The second kappa shape index (κ2) is 5.57. The van der Waals surface area contributed by atoms with Gasteiger partial charge in [-0.15, -0.1) is 12.1 Å². The first-order chi connectivity index (χ1) is 6.83. The Kier molecular flexibility index (Phi) is 4.68. The number of rotatable bonds is 2. The van der Waals surface area contributed by atoms with Gasteiger partial charge in [-0.05, 0) is 17.9 Å². The van der Waals surface area contributed by atoms with Crippen LogP contribution in [0, 0.1) is 12.1 Å². The number of hydrogen-bond donors (Lipinski definition) is 0. The SMILES string of the molecule is COc1ccc[c-]c1C1=[C-]CC=[N+]1C.[Y]. The third-order valence-electron chi connectivity index (χ3n) is 2.26. The van der Waals surface area contributed by atoms with Gasteiger partial charge in [0.05, 0.1) is 7.11 Å². The molecule has 1 heterocycles. The smallest absolute Gasteiger partial charge is 0.126 e. The summed E-state index contributed by atoms with van der Waals surface area (Å²) < 4.78 is 7.32. The molecule has 0 aliphatic carbocycles. The van der Waals surface area contributed by atoms with Crippen molar-refractivity contribution < 1.29 is 42.0 Å². The van der Waals surface area contributed by atoms with Crippen LogP contribution in [-0.4, -0.2) is 24.9 Å². The van der Waals surface area contributed by atoms with Crippen LogP contribution < -0.4 is 4.74 Å². The summed E-state index contributed by atoms with van der Waals surface area (Å²) in [6.07, 6.45) is 6.21. The summed E-state index contributed by atoms with van der Waals surface area (Å²) in [5.74, 6) is 0.845. The summed E-state index contributed by atoms with van der Waals surface area (Å²) in [4.78, 5) is 0. The maximum atomic E-state index is 5.27. The first-order valence-corrected chi connectivity index (χ1v) is 4.55. The fourth-order valence-electron chi connectivity index (χ4n) is 1.54. The van der Waals surface area contributed by atoms with Gasteiger partial charge in [-0.25, -0.2) is 12.1 Å². The Morgan fingerprint density at radius 1 is 1.47 bits per heavy atom. The molecule has 0 N–H and O–H groups in total. The quantitative estimate of drug-likeness (QED) is 0.591. The van der Waals surface area contributed by atoms with Crippen LogP contribution in [-0.2, 0) is 32.7 Å². The molecule has 75 valence electrons. The molecule has 0 aromatic heterocycles. The van der Waals surface area contributed by atoms with Gasteiger partial charge in [-0.1, -0.05) is 0 Å². The average molecular weight is 275 g/mol. The van der Waals surface area contributed by atoms with Crippen molar-refractivity contribution in [2.24, 2.45) is 0 Å². The van der Waals surface area contributed by atoms with Crippen LogP contribution in [0.1, 0.15) is 12.0 Å². The molecular formula is C12H12NOY-. The van der Waals surface area contributed by atoms with E-state index in [-0.39, 0.29) is 32.7 Å². The van der Waals surface area contributed by atoms with Crippen molar-refractivity contribution in [1.82, 2.24) is 0 Å². The monoisotopic (exact) mass is 275 g/mol. The average Bonchev–Trinajstić information content (AvgIpc) is 2.64. The molecule has 0 amide bonds. The third-order valence-corrected chi connectivity index (χ3v) is 2.26. The molecule has 1 aromatic rings. The Morgan fingerprint density at radius 2 is 2.27 bits per heavy atom. The van der Waals surface area contributed by atoms with Gasteiger partial charge in [-0.2, -0.15) is 11.6 Å². The largest absolute Gasteiger partial charge is 0.558 e. The van der Waals surface area contributed by atoms with Crippen molar-refractivity contribution in [3.05, 3.63) is 35.9 Å². The van der Waals surface area contributed by atoms with E-state index >= 15 is 0 Å². The zero-order valence-corrected chi connectivity index (χ0v) is 11.8. The molecule has 1 aliphatic heterocycles. The molecule has 0 bridgehead atoms. The topological polar surface area (TPSA) is 12.2 Å². The standard InChI is InChI=1S/C12H12NO.Y/c1-13-9-5-7-11(13)10-6-3-4-8-12(10)14-2;/h3-4,8-9H,5H2,1-2H3;/q-1;. The van der Waals surface area contributed by atoms with Crippen LogP contribution in [0.25, 0.3) is 5.70 Å². The molecule has 0 fully saturated rings. The molecule has 0 unspecified atom stereocenters. The molecule has 2 rings (SSSR count). The van der Waals surface area contributed by atoms with Gasteiger partial charge in [-0.3, -0.25) is 4.58 Å². The van der Waals surface area contributed by atoms with Gasteiger partial charge < -0.3 is 4.74 Å². The Balaban J connectivity index is 0.00000112. The van der Waals surface area contributed by atoms with Gasteiger partial charge in [0.15, 0.2) is 0 Å². The first kappa shape index (κ1) is 12.6. The Bertz CT molecular complexity index is 410. The van der Waals surface area contributed by atoms with Crippen LogP contribution >= 0.6 is 0 Å². The van der Waals surface area contributed by atoms with E-state index in [0.717, 1.165) is 23.4 Å². The van der Waals surface area contributed by atoms with Gasteiger partial charge in [0.2, 0.25) is 0 Å². The van der Waals surface area contributed by atoms with E-state index in [1.807, 2.05) is 29.8 Å². The fraction of sp³-hybridized carbons (Fsp3) is 0.250. The molecule has 1 aliphatic rings. The van der Waals surface area contributed by atoms with Crippen molar-refractivity contribution in [2.75, 3.05) is 14.2 Å². The van der Waals surface area contributed by atoms with E-state index in [9.17, 15) is 0 Å². The van der Waals surface area contributed by atoms with Crippen molar-refractivity contribution in [3.63, 3.8) is 0 Å². The normalized spacial score (nSPS) is 14.0. The van der Waals surface area contributed by atoms with Crippen molar-refractivity contribution >= 4 is 11.9 Å². The maximum Gasteiger partial charge on any atom is 0.126 e. The van der Waals surface area contributed by atoms with Crippen molar-refractivity contribution in [2.45, 2.75) is 6.42 Å². The summed E-state index contributed by atoms with van der Waals surface area (Å²) in [7, 11) is 3.68. The van der Waals surface area contributed by atoms with E-state index < -0.39 is 0 Å². The summed E-state index contributed by atoms with van der Waals surface area (Å²) in [5, 5.41) is 0. The number of ether oxygens (including phenoxy) is 1. The summed E-state index contributed by atoms with van der Waals surface area (Å²) in [6.45, 7) is 0. The van der Waals surface area contributed by atoms with Gasteiger partial charge in [0.25, 0.3) is 0 Å². The minimum absolute atomic E-state index is 0. The van der Waals surface area contributed by atoms with E-state index in [4.69, 9.17) is 4.74 Å². The second-order valence-electron chi connectivity index (χ2n) is 3.14. The molecule has 0 atom stereocenters.